The molecule has 98 valence electrons. The number of benzene rings is 1. The Hall–Kier alpha value is -0.260. The van der Waals surface area contributed by atoms with Crippen molar-refractivity contribution in [2.24, 2.45) is 0 Å². The third-order valence-corrected chi connectivity index (χ3v) is 6.94. The van der Waals surface area contributed by atoms with Crippen molar-refractivity contribution >= 4 is 46.9 Å². The summed E-state index contributed by atoms with van der Waals surface area (Å²) in [5, 5.41) is 5.01. The Labute approximate surface area is 121 Å². The van der Waals surface area contributed by atoms with Gasteiger partial charge >= 0.3 is 0 Å². The average molecular weight is 299 g/mol. The minimum atomic E-state index is 0.0380. The molecule has 2 nitrogen and oxygen atoms in total. The Morgan fingerprint density at radius 3 is 2.39 bits per heavy atom. The molecule has 0 aromatic heterocycles. The number of anilines is 1. The van der Waals surface area contributed by atoms with Gasteiger partial charge < -0.3 is 5.32 Å². The summed E-state index contributed by atoms with van der Waals surface area (Å²) >= 11 is 5.30. The average Bonchev–Trinajstić information content (AvgIpc) is 2.40. The Morgan fingerprint density at radius 1 is 1.22 bits per heavy atom. The molecular weight excluding hydrogens is 282 g/mol. The number of carbonyl (C=O) groups is 1. The predicted molar refractivity (Wildman–Crippen MR) is 85.5 cm³/mol. The lowest BCUT2D eigenvalue weighted by Crippen LogP contribution is -2.24. The van der Waals surface area contributed by atoms with Crippen molar-refractivity contribution in [2.45, 2.75) is 24.3 Å². The third-order valence-electron chi connectivity index (χ3n) is 2.66. The van der Waals surface area contributed by atoms with Gasteiger partial charge in [-0.15, -0.1) is 35.3 Å². The molecule has 1 saturated heterocycles. The molecule has 1 aromatic carbocycles. The molecule has 0 atom stereocenters. The van der Waals surface area contributed by atoms with Crippen LogP contribution in [0.15, 0.2) is 24.3 Å². The maximum Gasteiger partial charge on any atom is 0.247 e. The van der Waals surface area contributed by atoms with E-state index in [1.54, 1.807) is 23.5 Å². The minimum absolute atomic E-state index is 0.0380. The van der Waals surface area contributed by atoms with Crippen molar-refractivity contribution in [3.63, 3.8) is 0 Å². The van der Waals surface area contributed by atoms with Crippen LogP contribution in [-0.2, 0) is 4.79 Å². The molecule has 1 aromatic rings. The van der Waals surface area contributed by atoms with Gasteiger partial charge in [0, 0.05) is 15.9 Å². The van der Waals surface area contributed by atoms with E-state index in [1.165, 1.54) is 5.56 Å². The first-order valence-electron chi connectivity index (χ1n) is 5.88. The summed E-state index contributed by atoms with van der Waals surface area (Å²) < 4.78 is 0.0380. The quantitative estimate of drug-likeness (QED) is 0.905. The summed E-state index contributed by atoms with van der Waals surface area (Å²) in [6.07, 6.45) is 0. The number of hydrogen-bond donors (Lipinski definition) is 1. The highest BCUT2D eigenvalue weighted by Crippen LogP contribution is 2.36. The second-order valence-electron chi connectivity index (χ2n) is 4.37. The van der Waals surface area contributed by atoms with E-state index in [9.17, 15) is 4.79 Å². The van der Waals surface area contributed by atoms with Crippen molar-refractivity contribution in [2.75, 3.05) is 15.5 Å². The molecule has 0 unspecified atom stereocenters. The number of thioether (sulfide) groups is 3. The molecule has 5 heteroatoms. The van der Waals surface area contributed by atoms with Gasteiger partial charge in [0.05, 0.1) is 0 Å². The van der Waals surface area contributed by atoms with Crippen LogP contribution in [0.5, 0.6) is 0 Å². The summed E-state index contributed by atoms with van der Waals surface area (Å²) in [5.41, 5.74) is 2.19. The second-order valence-corrected chi connectivity index (χ2v) is 8.57. The Bertz CT molecular complexity index is 399. The van der Waals surface area contributed by atoms with Crippen LogP contribution in [0.4, 0.5) is 5.69 Å². The number of hydrogen-bond acceptors (Lipinski definition) is 4. The minimum Gasteiger partial charge on any atom is -0.324 e. The first-order valence-corrected chi connectivity index (χ1v) is 9.14. The van der Waals surface area contributed by atoms with Gasteiger partial charge in [0.25, 0.3) is 0 Å². The molecule has 1 heterocycles. The first kappa shape index (κ1) is 14.2. The van der Waals surface area contributed by atoms with Gasteiger partial charge in [-0.05, 0) is 23.6 Å². The lowest BCUT2D eigenvalue weighted by molar-refractivity contribution is -0.114. The lowest BCUT2D eigenvalue weighted by Gasteiger charge is -2.19. The van der Waals surface area contributed by atoms with Gasteiger partial charge in [-0.3, -0.25) is 4.79 Å². The highest BCUT2D eigenvalue weighted by atomic mass is 32.3. The van der Waals surface area contributed by atoms with Crippen LogP contribution in [0.1, 0.15) is 25.3 Å². The van der Waals surface area contributed by atoms with Crippen LogP contribution < -0.4 is 5.32 Å². The molecule has 0 aliphatic carbocycles. The molecule has 0 saturated carbocycles. The fourth-order valence-electron chi connectivity index (χ4n) is 1.61. The van der Waals surface area contributed by atoms with E-state index >= 15 is 0 Å². The molecule has 2 rings (SSSR count). The van der Waals surface area contributed by atoms with E-state index in [0.717, 1.165) is 15.9 Å². The number of rotatable bonds is 3. The molecule has 1 N–H and O–H groups in total. The van der Waals surface area contributed by atoms with Gasteiger partial charge in [0.2, 0.25) is 5.91 Å². The molecule has 1 fully saturated rings. The maximum absolute atomic E-state index is 12.0. The molecule has 18 heavy (non-hydrogen) atoms. The molecule has 1 amide bonds. The first-order chi connectivity index (χ1) is 8.66. The fourth-order valence-corrected chi connectivity index (χ4v) is 6.05. The van der Waals surface area contributed by atoms with Crippen molar-refractivity contribution in [1.29, 1.82) is 0 Å². The Morgan fingerprint density at radius 2 is 1.83 bits per heavy atom. The Kier molecular flexibility index (Phi) is 5.33. The van der Waals surface area contributed by atoms with Gasteiger partial charge in [-0.2, -0.15) is 0 Å². The Balaban J connectivity index is 1.94. The van der Waals surface area contributed by atoms with Gasteiger partial charge in [-0.25, -0.2) is 0 Å². The highest BCUT2D eigenvalue weighted by molar-refractivity contribution is 8.33. The van der Waals surface area contributed by atoms with Crippen molar-refractivity contribution < 1.29 is 4.79 Å². The van der Waals surface area contributed by atoms with E-state index < -0.39 is 0 Å². The number of carbonyl (C=O) groups excluding carboxylic acids is 1. The zero-order valence-electron chi connectivity index (χ0n) is 10.5. The monoisotopic (exact) mass is 299 g/mol. The van der Waals surface area contributed by atoms with Crippen LogP contribution in [0.25, 0.3) is 0 Å². The van der Waals surface area contributed by atoms with E-state index in [2.05, 4.69) is 31.3 Å². The summed E-state index contributed by atoms with van der Waals surface area (Å²) in [4.78, 5) is 12.0. The summed E-state index contributed by atoms with van der Waals surface area (Å²) in [6, 6.07) is 8.13. The number of amides is 1. The van der Waals surface area contributed by atoms with E-state index in [1.807, 2.05) is 23.9 Å². The maximum atomic E-state index is 12.0. The van der Waals surface area contributed by atoms with E-state index in [4.69, 9.17) is 0 Å². The van der Waals surface area contributed by atoms with E-state index in [0.29, 0.717) is 5.92 Å². The molecule has 0 bridgehead atoms. The zero-order chi connectivity index (χ0) is 13.0. The summed E-state index contributed by atoms with van der Waals surface area (Å²) in [7, 11) is 0. The van der Waals surface area contributed by atoms with Crippen LogP contribution in [-0.4, -0.2) is 20.7 Å². The van der Waals surface area contributed by atoms with Crippen molar-refractivity contribution in [3.05, 3.63) is 29.8 Å². The lowest BCUT2D eigenvalue weighted by atomic mass is 10.0. The summed E-state index contributed by atoms with van der Waals surface area (Å²) in [5.74, 6) is 0.638. The third kappa shape index (κ3) is 3.87. The zero-order valence-corrected chi connectivity index (χ0v) is 13.0. The fraction of sp³-hybridized carbons (Fsp3) is 0.462. The standard InChI is InChI=1S/C13H17NOS3/c1-9(2)10-3-5-11(6-4-10)14-12(15)13-17-7-16-8-18-13/h3-6,9,13H,7-8H2,1-2H3,(H,14,15). The largest absolute Gasteiger partial charge is 0.324 e. The normalized spacial score (nSPS) is 16.8. The van der Waals surface area contributed by atoms with Crippen LogP contribution in [0, 0.1) is 0 Å². The molecule has 0 radical (unpaired) electrons. The topological polar surface area (TPSA) is 29.1 Å². The van der Waals surface area contributed by atoms with Gasteiger partial charge in [0.15, 0.2) is 0 Å². The second kappa shape index (κ2) is 6.78. The summed E-state index contributed by atoms with van der Waals surface area (Å²) in [6.45, 7) is 4.33. The van der Waals surface area contributed by atoms with Crippen LogP contribution >= 0.6 is 35.3 Å². The molecular formula is C13H17NOS3. The van der Waals surface area contributed by atoms with Crippen molar-refractivity contribution in [1.82, 2.24) is 0 Å². The highest BCUT2D eigenvalue weighted by Gasteiger charge is 2.22. The molecule has 0 spiro atoms. The van der Waals surface area contributed by atoms with E-state index in [-0.39, 0.29) is 10.5 Å². The van der Waals surface area contributed by atoms with Crippen LogP contribution in [0.3, 0.4) is 0 Å². The predicted octanol–water partition coefficient (Wildman–Crippen LogP) is 4.20. The van der Waals surface area contributed by atoms with Gasteiger partial charge in [-0.1, -0.05) is 26.0 Å². The smallest absolute Gasteiger partial charge is 0.247 e. The molecule has 1 aliphatic heterocycles. The van der Waals surface area contributed by atoms with Gasteiger partial charge in [0.1, 0.15) is 4.58 Å². The number of nitrogens with one attached hydrogen (secondary N) is 1. The van der Waals surface area contributed by atoms with Crippen LogP contribution in [0.2, 0.25) is 0 Å². The van der Waals surface area contributed by atoms with Crippen molar-refractivity contribution in [3.8, 4) is 0 Å². The molecule has 1 aliphatic rings. The SMILES string of the molecule is CC(C)c1ccc(NC(=O)C2SCSCS2)cc1.